The first kappa shape index (κ1) is 13.5. The second-order valence-corrected chi connectivity index (χ2v) is 5.33. The van der Waals surface area contributed by atoms with E-state index in [2.05, 4.69) is 0 Å². The first-order valence-corrected chi connectivity index (χ1v) is 7.22. The molecule has 0 aliphatic rings. The molecule has 3 rings (SSSR count). The Morgan fingerprint density at radius 3 is 2.62 bits per heavy atom. The highest BCUT2D eigenvalue weighted by atomic mass is 32.1. The van der Waals surface area contributed by atoms with E-state index in [0.717, 1.165) is 5.56 Å². The van der Waals surface area contributed by atoms with E-state index in [1.54, 1.807) is 36.4 Å². The zero-order chi connectivity index (χ0) is 14.7. The fourth-order valence-electron chi connectivity index (χ4n) is 1.87. The average molecular weight is 298 g/mol. The molecule has 0 saturated carbocycles. The van der Waals surface area contributed by atoms with Gasteiger partial charge in [-0.05, 0) is 60.0 Å². The summed E-state index contributed by atoms with van der Waals surface area (Å²) in [6.07, 6.45) is 3.12. The summed E-state index contributed by atoms with van der Waals surface area (Å²) in [6, 6.07) is 13.3. The molecule has 0 aliphatic heterocycles. The smallest absolute Gasteiger partial charge is 0.195 e. The van der Waals surface area contributed by atoms with Crippen LogP contribution in [0.1, 0.15) is 15.4 Å². The minimum Gasteiger partial charge on any atom is -0.457 e. The van der Waals surface area contributed by atoms with Crippen molar-refractivity contribution in [3.05, 3.63) is 76.4 Å². The van der Waals surface area contributed by atoms with Crippen LogP contribution in [0.15, 0.2) is 64.4 Å². The zero-order valence-corrected chi connectivity index (χ0v) is 11.8. The fraction of sp³-hybridized carbons (Fsp3) is 0. The minimum atomic E-state index is -0.285. The van der Waals surface area contributed by atoms with Crippen molar-refractivity contribution in [2.45, 2.75) is 0 Å². The lowest BCUT2D eigenvalue weighted by Gasteiger charge is -1.95. The summed E-state index contributed by atoms with van der Waals surface area (Å²) in [5.74, 6) is 0.883. The van der Waals surface area contributed by atoms with Gasteiger partial charge in [-0.3, -0.25) is 4.79 Å². The van der Waals surface area contributed by atoms with Crippen molar-refractivity contribution in [1.82, 2.24) is 0 Å². The fourth-order valence-corrected chi connectivity index (χ4v) is 2.52. The third-order valence-corrected chi connectivity index (χ3v) is 3.80. The number of allylic oxidation sites excluding steroid dienone is 1. The summed E-state index contributed by atoms with van der Waals surface area (Å²) in [7, 11) is 0. The van der Waals surface area contributed by atoms with Crippen LogP contribution in [-0.2, 0) is 0 Å². The summed E-state index contributed by atoms with van der Waals surface area (Å²) >= 11 is 1.40. The molecule has 104 valence electrons. The number of benzene rings is 1. The highest BCUT2D eigenvalue weighted by molar-refractivity contribution is 7.12. The molecular formula is C17H11FO2S. The van der Waals surface area contributed by atoms with Crippen molar-refractivity contribution in [2.75, 3.05) is 0 Å². The van der Waals surface area contributed by atoms with Crippen LogP contribution in [0.25, 0.3) is 17.4 Å². The third-order valence-electron chi connectivity index (χ3n) is 2.92. The number of ketones is 1. The predicted octanol–water partition coefficient (Wildman–Crippen LogP) is 5.04. The van der Waals surface area contributed by atoms with Gasteiger partial charge in [0.1, 0.15) is 17.3 Å². The van der Waals surface area contributed by atoms with Crippen LogP contribution < -0.4 is 0 Å². The molecule has 0 radical (unpaired) electrons. The molecule has 0 amide bonds. The van der Waals surface area contributed by atoms with Crippen LogP contribution in [-0.4, -0.2) is 5.78 Å². The molecule has 2 heterocycles. The molecule has 4 heteroatoms. The summed E-state index contributed by atoms with van der Waals surface area (Å²) in [6.45, 7) is 0. The van der Waals surface area contributed by atoms with Gasteiger partial charge in [-0.15, -0.1) is 11.3 Å². The Bertz CT molecular complexity index is 767. The van der Waals surface area contributed by atoms with Gasteiger partial charge >= 0.3 is 0 Å². The number of carbonyl (C=O) groups is 1. The third kappa shape index (κ3) is 3.17. The van der Waals surface area contributed by atoms with Crippen LogP contribution in [0.3, 0.4) is 0 Å². The number of thiophene rings is 1. The predicted molar refractivity (Wildman–Crippen MR) is 81.8 cm³/mol. The highest BCUT2D eigenvalue weighted by Gasteiger charge is 2.05. The van der Waals surface area contributed by atoms with Crippen LogP contribution in [0.4, 0.5) is 4.39 Å². The molecule has 0 aliphatic carbocycles. The van der Waals surface area contributed by atoms with Gasteiger partial charge in [0.2, 0.25) is 0 Å². The molecule has 2 nitrogen and oxygen atoms in total. The number of halogens is 1. The van der Waals surface area contributed by atoms with E-state index in [1.165, 1.54) is 29.5 Å². The molecule has 0 N–H and O–H groups in total. The van der Waals surface area contributed by atoms with Crippen LogP contribution in [0.2, 0.25) is 0 Å². The molecule has 0 saturated heterocycles. The number of rotatable bonds is 4. The summed E-state index contributed by atoms with van der Waals surface area (Å²) in [5.41, 5.74) is 0.792. The van der Waals surface area contributed by atoms with Crippen LogP contribution >= 0.6 is 11.3 Å². The number of carbonyl (C=O) groups excluding carboxylic acids is 1. The van der Waals surface area contributed by atoms with Crippen LogP contribution in [0.5, 0.6) is 0 Å². The average Bonchev–Trinajstić information content (AvgIpc) is 3.17. The quantitative estimate of drug-likeness (QED) is 0.499. The van der Waals surface area contributed by atoms with Crippen LogP contribution in [0, 0.1) is 5.82 Å². The van der Waals surface area contributed by atoms with Gasteiger partial charge in [0.15, 0.2) is 5.78 Å². The van der Waals surface area contributed by atoms with Crippen molar-refractivity contribution < 1.29 is 13.6 Å². The zero-order valence-electron chi connectivity index (χ0n) is 11.0. The first-order valence-electron chi connectivity index (χ1n) is 6.34. The van der Waals surface area contributed by atoms with Gasteiger partial charge in [-0.25, -0.2) is 4.39 Å². The molecule has 0 unspecified atom stereocenters. The Morgan fingerprint density at radius 2 is 1.90 bits per heavy atom. The second kappa shape index (κ2) is 5.89. The lowest BCUT2D eigenvalue weighted by Crippen LogP contribution is -1.88. The summed E-state index contributed by atoms with van der Waals surface area (Å²) < 4.78 is 18.5. The lowest BCUT2D eigenvalue weighted by molar-refractivity contribution is 0.105. The van der Waals surface area contributed by atoms with Gasteiger partial charge < -0.3 is 4.42 Å². The molecule has 3 aromatic rings. The minimum absolute atomic E-state index is 0.0512. The Balaban J connectivity index is 1.76. The molecule has 2 aromatic heterocycles. The molecular weight excluding hydrogens is 287 g/mol. The topological polar surface area (TPSA) is 30.2 Å². The normalized spacial score (nSPS) is 11.1. The van der Waals surface area contributed by atoms with E-state index in [9.17, 15) is 9.18 Å². The van der Waals surface area contributed by atoms with Gasteiger partial charge in [0, 0.05) is 5.56 Å². The lowest BCUT2D eigenvalue weighted by atomic mass is 10.2. The molecule has 0 atom stereocenters. The highest BCUT2D eigenvalue weighted by Crippen LogP contribution is 2.23. The van der Waals surface area contributed by atoms with E-state index in [4.69, 9.17) is 4.42 Å². The van der Waals surface area contributed by atoms with Gasteiger partial charge in [0.05, 0.1) is 4.88 Å². The largest absolute Gasteiger partial charge is 0.457 e. The molecule has 0 spiro atoms. The Morgan fingerprint density at radius 1 is 1.10 bits per heavy atom. The maximum absolute atomic E-state index is 12.9. The van der Waals surface area contributed by atoms with Gasteiger partial charge in [-0.2, -0.15) is 0 Å². The maximum atomic E-state index is 12.9. The SMILES string of the molecule is O=C(C=Cc1ccc(-c2ccc(F)cc2)o1)c1cccs1. The molecule has 0 bridgehead atoms. The Kier molecular flexibility index (Phi) is 3.79. The standard InChI is InChI=1S/C17H11FO2S/c18-13-5-3-12(4-6-13)16-10-8-14(20-16)7-9-15(19)17-2-1-11-21-17/h1-11H. The Labute approximate surface area is 125 Å². The van der Waals surface area contributed by atoms with Crippen molar-refractivity contribution >= 4 is 23.2 Å². The van der Waals surface area contributed by atoms with Gasteiger partial charge in [-0.1, -0.05) is 6.07 Å². The Hall–Kier alpha value is -2.46. The van der Waals surface area contributed by atoms with E-state index >= 15 is 0 Å². The number of hydrogen-bond acceptors (Lipinski definition) is 3. The monoisotopic (exact) mass is 298 g/mol. The number of furan rings is 1. The summed E-state index contributed by atoms with van der Waals surface area (Å²) in [4.78, 5) is 12.5. The van der Waals surface area contributed by atoms with Gasteiger partial charge in [0.25, 0.3) is 0 Å². The second-order valence-electron chi connectivity index (χ2n) is 4.38. The van der Waals surface area contributed by atoms with Crippen molar-refractivity contribution in [2.24, 2.45) is 0 Å². The maximum Gasteiger partial charge on any atom is 0.195 e. The molecule has 0 fully saturated rings. The number of hydrogen-bond donors (Lipinski definition) is 0. The van der Waals surface area contributed by atoms with Crippen molar-refractivity contribution in [3.63, 3.8) is 0 Å². The summed E-state index contributed by atoms with van der Waals surface area (Å²) in [5, 5.41) is 1.86. The van der Waals surface area contributed by atoms with E-state index < -0.39 is 0 Å². The van der Waals surface area contributed by atoms with E-state index in [-0.39, 0.29) is 11.6 Å². The van der Waals surface area contributed by atoms with Crippen molar-refractivity contribution in [3.8, 4) is 11.3 Å². The first-order chi connectivity index (χ1) is 10.2. The molecule has 21 heavy (non-hydrogen) atoms. The molecule has 1 aromatic carbocycles. The van der Waals surface area contributed by atoms with E-state index in [1.807, 2.05) is 11.4 Å². The van der Waals surface area contributed by atoms with Crippen molar-refractivity contribution in [1.29, 1.82) is 0 Å². The van der Waals surface area contributed by atoms with E-state index in [0.29, 0.717) is 16.4 Å².